The molecular formula is C14H22N4O. The van der Waals surface area contributed by atoms with Gasteiger partial charge in [-0.2, -0.15) is 0 Å². The van der Waals surface area contributed by atoms with Crippen LogP contribution in [0.1, 0.15) is 50.3 Å². The summed E-state index contributed by atoms with van der Waals surface area (Å²) in [5, 5.41) is 3.43. The van der Waals surface area contributed by atoms with Crippen LogP contribution in [0.15, 0.2) is 10.9 Å². The van der Waals surface area contributed by atoms with E-state index in [9.17, 15) is 4.79 Å². The first kappa shape index (κ1) is 12.7. The van der Waals surface area contributed by atoms with E-state index >= 15 is 0 Å². The molecule has 0 bridgehead atoms. The molecule has 0 spiro atoms. The van der Waals surface area contributed by atoms with Gasteiger partial charge < -0.3 is 16.0 Å². The van der Waals surface area contributed by atoms with Gasteiger partial charge in [0.25, 0.3) is 5.56 Å². The number of anilines is 1. The van der Waals surface area contributed by atoms with Crippen molar-refractivity contribution in [2.24, 2.45) is 11.7 Å². The van der Waals surface area contributed by atoms with Gasteiger partial charge in [-0.15, -0.1) is 0 Å². The minimum atomic E-state index is -0.0560. The van der Waals surface area contributed by atoms with Crippen LogP contribution < -0.4 is 16.6 Å². The molecule has 0 aliphatic heterocycles. The maximum atomic E-state index is 11.7. The molecule has 1 aromatic rings. The first-order chi connectivity index (χ1) is 9.26. The summed E-state index contributed by atoms with van der Waals surface area (Å²) in [5.41, 5.74) is 5.78. The Bertz CT molecular complexity index is 494. The van der Waals surface area contributed by atoms with Gasteiger partial charge in [0.2, 0.25) is 0 Å². The number of aromatic nitrogens is 2. The minimum Gasteiger partial charge on any atom is -0.367 e. The van der Waals surface area contributed by atoms with E-state index in [-0.39, 0.29) is 5.56 Å². The third-order valence-corrected chi connectivity index (χ3v) is 4.27. The second-order valence-corrected chi connectivity index (χ2v) is 5.82. The molecule has 5 heteroatoms. The van der Waals surface area contributed by atoms with Crippen LogP contribution in [0.2, 0.25) is 0 Å². The summed E-state index contributed by atoms with van der Waals surface area (Å²) in [6.45, 7) is 0.705. The van der Waals surface area contributed by atoms with Crippen LogP contribution in [0.3, 0.4) is 0 Å². The second kappa shape index (κ2) is 5.33. The molecule has 0 radical (unpaired) electrons. The SMILES string of the molecule is NCC1CCCCC1Nc1cc(=O)[nH]c(C2CC2)n1. The number of H-pyrrole nitrogens is 1. The van der Waals surface area contributed by atoms with Crippen LogP contribution in [0.5, 0.6) is 0 Å². The molecule has 4 N–H and O–H groups in total. The van der Waals surface area contributed by atoms with Crippen molar-refractivity contribution >= 4 is 5.82 Å². The lowest BCUT2D eigenvalue weighted by molar-refractivity contribution is 0.332. The van der Waals surface area contributed by atoms with Gasteiger partial charge in [-0.25, -0.2) is 4.98 Å². The fourth-order valence-corrected chi connectivity index (χ4v) is 2.97. The molecule has 0 saturated heterocycles. The smallest absolute Gasteiger partial charge is 0.252 e. The Balaban J connectivity index is 1.76. The highest BCUT2D eigenvalue weighted by atomic mass is 16.1. The van der Waals surface area contributed by atoms with Gasteiger partial charge in [0.05, 0.1) is 0 Å². The molecule has 2 fully saturated rings. The van der Waals surface area contributed by atoms with Crippen molar-refractivity contribution in [2.75, 3.05) is 11.9 Å². The lowest BCUT2D eigenvalue weighted by Gasteiger charge is -2.31. The zero-order valence-corrected chi connectivity index (χ0v) is 11.2. The third-order valence-electron chi connectivity index (χ3n) is 4.27. The van der Waals surface area contributed by atoms with Gasteiger partial charge in [0.15, 0.2) is 0 Å². The van der Waals surface area contributed by atoms with E-state index in [0.717, 1.165) is 30.9 Å². The standard InChI is InChI=1S/C14H22N4O/c15-8-10-3-1-2-4-11(10)16-12-7-13(19)18-14(17-12)9-5-6-9/h7,9-11H,1-6,8,15H2,(H2,16,17,18,19). The summed E-state index contributed by atoms with van der Waals surface area (Å²) >= 11 is 0. The molecule has 2 atom stereocenters. The molecule has 19 heavy (non-hydrogen) atoms. The van der Waals surface area contributed by atoms with E-state index in [0.29, 0.717) is 24.4 Å². The highest BCUT2D eigenvalue weighted by Crippen LogP contribution is 2.37. The van der Waals surface area contributed by atoms with Crippen molar-refractivity contribution < 1.29 is 0 Å². The summed E-state index contributed by atoms with van der Waals surface area (Å²) in [6, 6.07) is 1.92. The molecule has 2 saturated carbocycles. The summed E-state index contributed by atoms with van der Waals surface area (Å²) in [7, 11) is 0. The average Bonchev–Trinajstić information content (AvgIpc) is 3.23. The number of nitrogens with zero attached hydrogens (tertiary/aromatic N) is 1. The van der Waals surface area contributed by atoms with Crippen LogP contribution in [0.25, 0.3) is 0 Å². The minimum absolute atomic E-state index is 0.0560. The van der Waals surface area contributed by atoms with Crippen molar-refractivity contribution in [3.8, 4) is 0 Å². The number of aromatic amines is 1. The summed E-state index contributed by atoms with van der Waals surface area (Å²) in [5.74, 6) is 2.52. The van der Waals surface area contributed by atoms with Gasteiger partial charge in [-0.05, 0) is 38.1 Å². The predicted octanol–water partition coefficient (Wildman–Crippen LogP) is 1.58. The zero-order valence-electron chi connectivity index (χ0n) is 11.2. The number of hydrogen-bond donors (Lipinski definition) is 3. The van der Waals surface area contributed by atoms with Crippen molar-refractivity contribution in [1.29, 1.82) is 0 Å². The van der Waals surface area contributed by atoms with Gasteiger partial charge >= 0.3 is 0 Å². The fraction of sp³-hybridized carbons (Fsp3) is 0.714. The summed E-state index contributed by atoms with van der Waals surface area (Å²) in [4.78, 5) is 19.1. The summed E-state index contributed by atoms with van der Waals surface area (Å²) < 4.78 is 0. The highest BCUT2D eigenvalue weighted by molar-refractivity contribution is 5.35. The monoisotopic (exact) mass is 262 g/mol. The summed E-state index contributed by atoms with van der Waals surface area (Å²) in [6.07, 6.45) is 7.06. The number of rotatable bonds is 4. The molecule has 1 heterocycles. The van der Waals surface area contributed by atoms with Crippen LogP contribution in [0, 0.1) is 5.92 Å². The molecule has 104 valence electrons. The fourth-order valence-electron chi connectivity index (χ4n) is 2.97. The number of nitrogens with one attached hydrogen (secondary N) is 2. The Labute approximate surface area is 113 Å². The van der Waals surface area contributed by atoms with E-state index in [2.05, 4.69) is 15.3 Å². The molecule has 2 aliphatic rings. The quantitative estimate of drug-likeness (QED) is 0.769. The Morgan fingerprint density at radius 1 is 1.32 bits per heavy atom. The van der Waals surface area contributed by atoms with E-state index in [1.165, 1.54) is 19.3 Å². The van der Waals surface area contributed by atoms with Crippen molar-refractivity contribution in [3.05, 3.63) is 22.2 Å². The molecule has 3 rings (SSSR count). The Morgan fingerprint density at radius 2 is 2.11 bits per heavy atom. The van der Waals surface area contributed by atoms with E-state index in [1.54, 1.807) is 6.07 Å². The lowest BCUT2D eigenvalue weighted by atomic mass is 9.84. The van der Waals surface area contributed by atoms with Gasteiger partial charge in [-0.3, -0.25) is 4.79 Å². The first-order valence-electron chi connectivity index (χ1n) is 7.34. The van der Waals surface area contributed by atoms with Crippen LogP contribution in [-0.4, -0.2) is 22.6 Å². The molecule has 5 nitrogen and oxygen atoms in total. The van der Waals surface area contributed by atoms with Gasteiger partial charge in [0, 0.05) is 18.0 Å². The van der Waals surface area contributed by atoms with E-state index < -0.39 is 0 Å². The maximum absolute atomic E-state index is 11.7. The normalized spacial score (nSPS) is 27.2. The molecule has 2 unspecified atom stereocenters. The largest absolute Gasteiger partial charge is 0.367 e. The Kier molecular flexibility index (Phi) is 3.55. The topological polar surface area (TPSA) is 83.8 Å². The van der Waals surface area contributed by atoms with Crippen molar-refractivity contribution in [3.63, 3.8) is 0 Å². The average molecular weight is 262 g/mol. The highest BCUT2D eigenvalue weighted by Gasteiger charge is 2.28. The molecule has 0 amide bonds. The van der Waals surface area contributed by atoms with E-state index in [1.807, 2.05) is 0 Å². The maximum Gasteiger partial charge on any atom is 0.252 e. The van der Waals surface area contributed by atoms with Gasteiger partial charge in [0.1, 0.15) is 11.6 Å². The Morgan fingerprint density at radius 3 is 2.84 bits per heavy atom. The molecular weight excluding hydrogens is 240 g/mol. The Hall–Kier alpha value is -1.36. The van der Waals surface area contributed by atoms with E-state index in [4.69, 9.17) is 5.73 Å². The number of nitrogens with two attached hydrogens (primary N) is 1. The predicted molar refractivity (Wildman–Crippen MR) is 75.3 cm³/mol. The van der Waals surface area contributed by atoms with Crippen LogP contribution >= 0.6 is 0 Å². The second-order valence-electron chi connectivity index (χ2n) is 5.82. The zero-order chi connectivity index (χ0) is 13.2. The number of hydrogen-bond acceptors (Lipinski definition) is 4. The first-order valence-corrected chi connectivity index (χ1v) is 7.34. The van der Waals surface area contributed by atoms with Crippen LogP contribution in [0.4, 0.5) is 5.82 Å². The molecule has 2 aliphatic carbocycles. The van der Waals surface area contributed by atoms with Crippen molar-refractivity contribution in [2.45, 2.75) is 50.5 Å². The van der Waals surface area contributed by atoms with Gasteiger partial charge in [-0.1, -0.05) is 12.8 Å². The molecule has 1 aromatic heterocycles. The lowest BCUT2D eigenvalue weighted by Crippen LogP contribution is -2.37. The third kappa shape index (κ3) is 2.97. The van der Waals surface area contributed by atoms with Crippen molar-refractivity contribution in [1.82, 2.24) is 9.97 Å². The van der Waals surface area contributed by atoms with Crippen LogP contribution in [-0.2, 0) is 0 Å². The molecule has 0 aromatic carbocycles.